The monoisotopic (exact) mass is 318 g/mol. The van der Waals surface area contributed by atoms with Crippen LogP contribution in [0.25, 0.3) is 0 Å². The molecule has 0 aromatic rings. The predicted octanol–water partition coefficient (Wildman–Crippen LogP) is 4.30. The Labute approximate surface area is 139 Å². The molecule has 7 atom stereocenters. The van der Waals surface area contributed by atoms with Gasteiger partial charge in [-0.25, -0.2) is 0 Å². The predicted molar refractivity (Wildman–Crippen MR) is 87.9 cm³/mol. The number of carbonyl (C=O) groups excluding carboxylic acids is 1. The van der Waals surface area contributed by atoms with Crippen molar-refractivity contribution in [2.24, 2.45) is 40.4 Å². The fourth-order valence-electron chi connectivity index (χ4n) is 7.45. The molecular formula is C20H30O3. The zero-order valence-electron chi connectivity index (χ0n) is 14.5. The van der Waals surface area contributed by atoms with Crippen molar-refractivity contribution in [3.05, 3.63) is 0 Å². The molecule has 0 aromatic heterocycles. The van der Waals surface area contributed by atoms with Crippen molar-refractivity contribution >= 4 is 11.8 Å². The lowest BCUT2D eigenvalue weighted by Gasteiger charge is -2.60. The third kappa shape index (κ3) is 2.07. The molecule has 0 aromatic carbocycles. The van der Waals surface area contributed by atoms with Crippen molar-refractivity contribution in [2.75, 3.05) is 0 Å². The molecule has 4 rings (SSSR count). The summed E-state index contributed by atoms with van der Waals surface area (Å²) in [6.07, 6.45) is 9.30. The first-order valence-electron chi connectivity index (χ1n) is 9.61. The number of hydrogen-bond donors (Lipinski definition) is 1. The second-order valence-corrected chi connectivity index (χ2v) is 9.41. The SMILES string of the molecule is CC12CCC(=O)CC1CCC1C2CCC2(C)C(C(=O)O)CCC12. The van der Waals surface area contributed by atoms with Crippen molar-refractivity contribution in [2.45, 2.75) is 71.6 Å². The zero-order valence-corrected chi connectivity index (χ0v) is 14.5. The number of hydrogen-bond acceptors (Lipinski definition) is 2. The van der Waals surface area contributed by atoms with E-state index in [0.717, 1.165) is 44.4 Å². The average molecular weight is 318 g/mol. The zero-order chi connectivity index (χ0) is 16.4. The summed E-state index contributed by atoms with van der Waals surface area (Å²) < 4.78 is 0. The highest BCUT2D eigenvalue weighted by Crippen LogP contribution is 2.67. The van der Waals surface area contributed by atoms with Crippen LogP contribution >= 0.6 is 0 Å². The summed E-state index contributed by atoms with van der Waals surface area (Å²) in [5.74, 6) is 2.37. The molecule has 4 aliphatic carbocycles. The molecule has 7 unspecified atom stereocenters. The van der Waals surface area contributed by atoms with Gasteiger partial charge in [0, 0.05) is 12.8 Å². The van der Waals surface area contributed by atoms with Gasteiger partial charge >= 0.3 is 5.97 Å². The van der Waals surface area contributed by atoms with Crippen LogP contribution in [0.3, 0.4) is 0 Å². The molecule has 0 spiro atoms. The number of carbonyl (C=O) groups is 2. The van der Waals surface area contributed by atoms with Crippen LogP contribution in [0.1, 0.15) is 71.6 Å². The summed E-state index contributed by atoms with van der Waals surface area (Å²) in [6, 6.07) is 0. The molecule has 0 amide bonds. The van der Waals surface area contributed by atoms with Crippen molar-refractivity contribution in [3.8, 4) is 0 Å². The third-order valence-corrected chi connectivity index (χ3v) is 8.78. The lowest BCUT2D eigenvalue weighted by Crippen LogP contribution is -2.53. The Kier molecular flexibility index (Phi) is 3.45. The van der Waals surface area contributed by atoms with Crippen molar-refractivity contribution in [1.82, 2.24) is 0 Å². The Morgan fingerprint density at radius 3 is 2.48 bits per heavy atom. The van der Waals surface area contributed by atoms with Gasteiger partial charge in [0.25, 0.3) is 0 Å². The van der Waals surface area contributed by atoms with Gasteiger partial charge in [0.15, 0.2) is 0 Å². The van der Waals surface area contributed by atoms with Crippen LogP contribution in [-0.2, 0) is 9.59 Å². The molecule has 0 aliphatic heterocycles. The topological polar surface area (TPSA) is 54.4 Å². The minimum Gasteiger partial charge on any atom is -0.481 e. The molecule has 128 valence electrons. The van der Waals surface area contributed by atoms with Gasteiger partial charge in [0.1, 0.15) is 5.78 Å². The lowest BCUT2D eigenvalue weighted by molar-refractivity contribution is -0.154. The van der Waals surface area contributed by atoms with Gasteiger partial charge < -0.3 is 5.11 Å². The maximum atomic E-state index is 11.9. The largest absolute Gasteiger partial charge is 0.481 e. The van der Waals surface area contributed by atoms with Crippen LogP contribution in [0.5, 0.6) is 0 Å². The smallest absolute Gasteiger partial charge is 0.307 e. The Balaban J connectivity index is 1.63. The third-order valence-electron chi connectivity index (χ3n) is 8.78. The molecule has 0 radical (unpaired) electrons. The van der Waals surface area contributed by atoms with Gasteiger partial charge in [0.2, 0.25) is 0 Å². The first-order chi connectivity index (χ1) is 10.9. The molecule has 3 nitrogen and oxygen atoms in total. The van der Waals surface area contributed by atoms with Crippen LogP contribution in [0.2, 0.25) is 0 Å². The average Bonchev–Trinajstić information content (AvgIpc) is 2.85. The molecular weight excluding hydrogens is 288 g/mol. The van der Waals surface area contributed by atoms with E-state index in [4.69, 9.17) is 0 Å². The summed E-state index contributed by atoms with van der Waals surface area (Å²) in [7, 11) is 0. The molecule has 0 heterocycles. The summed E-state index contributed by atoms with van der Waals surface area (Å²) in [4.78, 5) is 23.6. The summed E-state index contributed by atoms with van der Waals surface area (Å²) in [5.41, 5.74) is 0.347. The van der Waals surface area contributed by atoms with Gasteiger partial charge in [0.05, 0.1) is 5.92 Å². The standard InChI is InChI=1S/C20H30O3/c1-19-9-7-13(21)11-12(19)3-4-14-15-5-6-17(18(22)23)20(15,2)10-8-16(14)19/h12,14-17H,3-11H2,1-2H3,(H,22,23). The molecule has 1 N–H and O–H groups in total. The highest BCUT2D eigenvalue weighted by atomic mass is 16.4. The molecule has 0 bridgehead atoms. The molecule has 23 heavy (non-hydrogen) atoms. The van der Waals surface area contributed by atoms with E-state index in [-0.39, 0.29) is 11.3 Å². The van der Waals surface area contributed by atoms with Gasteiger partial charge in [-0.15, -0.1) is 0 Å². The van der Waals surface area contributed by atoms with Gasteiger partial charge in [-0.2, -0.15) is 0 Å². The van der Waals surface area contributed by atoms with Crippen LogP contribution in [0.15, 0.2) is 0 Å². The van der Waals surface area contributed by atoms with Gasteiger partial charge in [-0.3, -0.25) is 9.59 Å². The van der Waals surface area contributed by atoms with E-state index in [1.54, 1.807) is 0 Å². The Morgan fingerprint density at radius 1 is 1.00 bits per heavy atom. The van der Waals surface area contributed by atoms with Crippen LogP contribution in [-0.4, -0.2) is 16.9 Å². The normalized spacial score (nSPS) is 52.4. The molecule has 4 saturated carbocycles. The maximum absolute atomic E-state index is 11.9. The fourth-order valence-corrected chi connectivity index (χ4v) is 7.45. The number of rotatable bonds is 1. The van der Waals surface area contributed by atoms with E-state index in [0.29, 0.717) is 29.0 Å². The van der Waals surface area contributed by atoms with E-state index < -0.39 is 5.97 Å². The summed E-state index contributed by atoms with van der Waals surface area (Å²) in [6.45, 7) is 4.71. The Morgan fingerprint density at radius 2 is 1.74 bits per heavy atom. The number of carboxylic acids is 1. The fraction of sp³-hybridized carbons (Fsp3) is 0.900. The molecule has 4 fully saturated rings. The van der Waals surface area contributed by atoms with Gasteiger partial charge in [-0.05, 0) is 79.4 Å². The van der Waals surface area contributed by atoms with Gasteiger partial charge in [-0.1, -0.05) is 13.8 Å². The first kappa shape index (κ1) is 15.7. The van der Waals surface area contributed by atoms with Crippen LogP contribution < -0.4 is 0 Å². The highest BCUT2D eigenvalue weighted by molar-refractivity contribution is 5.79. The summed E-state index contributed by atoms with van der Waals surface area (Å²) >= 11 is 0. The number of Topliss-reactive ketones (excluding diaryl/α,β-unsaturated/α-hetero) is 1. The van der Waals surface area contributed by atoms with Crippen molar-refractivity contribution in [1.29, 1.82) is 0 Å². The maximum Gasteiger partial charge on any atom is 0.307 e. The second-order valence-electron chi connectivity index (χ2n) is 9.41. The van der Waals surface area contributed by atoms with E-state index in [9.17, 15) is 14.7 Å². The number of ketones is 1. The highest BCUT2D eigenvalue weighted by Gasteiger charge is 2.61. The summed E-state index contributed by atoms with van der Waals surface area (Å²) in [5, 5.41) is 9.64. The Hall–Kier alpha value is -0.860. The van der Waals surface area contributed by atoms with Crippen molar-refractivity contribution in [3.63, 3.8) is 0 Å². The number of aliphatic carboxylic acids is 1. The van der Waals surface area contributed by atoms with Crippen LogP contribution in [0, 0.1) is 40.4 Å². The Bertz CT molecular complexity index is 541. The van der Waals surface area contributed by atoms with E-state index in [1.807, 2.05) is 0 Å². The quantitative estimate of drug-likeness (QED) is 0.784. The lowest BCUT2D eigenvalue weighted by atomic mass is 9.45. The molecule has 3 heteroatoms. The molecule has 0 saturated heterocycles. The minimum atomic E-state index is -0.573. The molecule has 4 aliphatic rings. The number of fused-ring (bicyclic) bond motifs is 5. The second kappa shape index (κ2) is 5.07. The van der Waals surface area contributed by atoms with E-state index >= 15 is 0 Å². The van der Waals surface area contributed by atoms with E-state index in [2.05, 4.69) is 13.8 Å². The van der Waals surface area contributed by atoms with Crippen LogP contribution in [0.4, 0.5) is 0 Å². The first-order valence-corrected chi connectivity index (χ1v) is 9.61. The van der Waals surface area contributed by atoms with Crippen molar-refractivity contribution < 1.29 is 14.7 Å². The number of carboxylic acid groups (broad SMARTS) is 1. The minimum absolute atomic E-state index is 0.0146. The van der Waals surface area contributed by atoms with E-state index in [1.165, 1.54) is 19.3 Å².